The van der Waals surface area contributed by atoms with Crippen molar-refractivity contribution in [1.29, 1.82) is 0 Å². The summed E-state index contributed by atoms with van der Waals surface area (Å²) in [5, 5.41) is 11.2. The van der Waals surface area contributed by atoms with E-state index in [-0.39, 0.29) is 5.97 Å². The van der Waals surface area contributed by atoms with Gasteiger partial charge in [0.05, 0.1) is 30.2 Å². The molecule has 1 aromatic carbocycles. The van der Waals surface area contributed by atoms with Crippen molar-refractivity contribution >= 4 is 22.7 Å². The number of carbonyl (C=O) groups excluding carboxylic acids is 1. The van der Waals surface area contributed by atoms with Crippen molar-refractivity contribution in [2.75, 3.05) is 44.7 Å². The summed E-state index contributed by atoms with van der Waals surface area (Å²) in [6, 6.07) is 11.9. The normalized spacial score (nSPS) is 18.3. The van der Waals surface area contributed by atoms with Crippen LogP contribution in [0.4, 0.5) is 5.69 Å². The predicted molar refractivity (Wildman–Crippen MR) is 133 cm³/mol. The van der Waals surface area contributed by atoms with Crippen molar-refractivity contribution in [2.24, 2.45) is 5.41 Å². The highest BCUT2D eigenvalue weighted by Crippen LogP contribution is 2.42. The van der Waals surface area contributed by atoms with Gasteiger partial charge in [0.25, 0.3) is 0 Å². The number of fused-ring (bicyclic) bond motifs is 1. The van der Waals surface area contributed by atoms with Gasteiger partial charge in [-0.1, -0.05) is 12.1 Å². The maximum absolute atomic E-state index is 11.6. The summed E-state index contributed by atoms with van der Waals surface area (Å²) in [5.41, 5.74) is 3.63. The summed E-state index contributed by atoms with van der Waals surface area (Å²) < 4.78 is 6.92. The topological polar surface area (TPSA) is 70.8 Å². The van der Waals surface area contributed by atoms with Crippen molar-refractivity contribution in [2.45, 2.75) is 38.8 Å². The van der Waals surface area contributed by atoms with Crippen molar-refractivity contribution in [3.63, 3.8) is 0 Å². The fraction of sp³-hybridized carbons (Fsp3) is 0.481. The molecule has 7 nitrogen and oxygen atoms in total. The van der Waals surface area contributed by atoms with Crippen LogP contribution in [-0.4, -0.2) is 71.0 Å². The van der Waals surface area contributed by atoms with E-state index >= 15 is 0 Å². The Morgan fingerprint density at radius 3 is 2.50 bits per heavy atom. The van der Waals surface area contributed by atoms with Gasteiger partial charge in [-0.05, 0) is 61.9 Å². The number of aromatic nitrogens is 2. The molecule has 0 atom stereocenters. The first kappa shape index (κ1) is 22.9. The van der Waals surface area contributed by atoms with Crippen LogP contribution in [0.25, 0.3) is 11.0 Å². The largest absolute Gasteiger partial charge is 0.465 e. The molecule has 0 radical (unpaired) electrons. The lowest BCUT2D eigenvalue weighted by molar-refractivity contribution is -0.0643. The molecule has 34 heavy (non-hydrogen) atoms. The molecule has 0 saturated carbocycles. The number of methoxy groups -OCH3 is 1. The van der Waals surface area contributed by atoms with Gasteiger partial charge in [-0.25, -0.2) is 9.78 Å². The molecule has 0 bridgehead atoms. The Morgan fingerprint density at radius 1 is 1.15 bits per heavy atom. The Morgan fingerprint density at radius 2 is 1.85 bits per heavy atom. The van der Waals surface area contributed by atoms with Crippen LogP contribution in [-0.2, 0) is 11.3 Å². The van der Waals surface area contributed by atoms with Crippen LogP contribution in [0, 0.1) is 5.41 Å². The monoisotopic (exact) mass is 462 g/mol. The minimum absolute atomic E-state index is 0.320. The third-order valence-electron chi connectivity index (χ3n) is 7.23. The number of pyridine rings is 1. The lowest BCUT2D eigenvalue weighted by Gasteiger charge is -2.55. The highest BCUT2D eigenvalue weighted by Gasteiger charge is 2.45. The van der Waals surface area contributed by atoms with Gasteiger partial charge in [0.15, 0.2) is 0 Å². The van der Waals surface area contributed by atoms with E-state index in [1.807, 2.05) is 32.2 Å². The maximum atomic E-state index is 11.6. The number of piperidine rings is 1. The first-order chi connectivity index (χ1) is 16.2. The van der Waals surface area contributed by atoms with Gasteiger partial charge in [0.2, 0.25) is 0 Å². The number of β-amino-alcohol motifs (C(OH)–C–C–N with tert-alkyl or cyclic N) is 1. The van der Waals surface area contributed by atoms with Gasteiger partial charge in [-0.15, -0.1) is 0 Å². The zero-order valence-corrected chi connectivity index (χ0v) is 20.3. The third-order valence-corrected chi connectivity index (χ3v) is 7.23. The van der Waals surface area contributed by atoms with Crippen LogP contribution >= 0.6 is 0 Å². The van der Waals surface area contributed by atoms with Gasteiger partial charge < -0.3 is 19.3 Å². The van der Waals surface area contributed by atoms with E-state index in [0.717, 1.165) is 49.3 Å². The molecule has 180 valence electrons. The number of hydrogen-bond donors (Lipinski definition) is 1. The molecule has 1 spiro atoms. The van der Waals surface area contributed by atoms with Crippen molar-refractivity contribution in [3.8, 4) is 0 Å². The smallest absolute Gasteiger partial charge is 0.337 e. The molecule has 0 aliphatic carbocycles. The van der Waals surface area contributed by atoms with Crippen LogP contribution in [0.1, 0.15) is 42.6 Å². The fourth-order valence-electron chi connectivity index (χ4n) is 5.54. The molecular formula is C27H34N4O3. The molecule has 0 amide bonds. The fourth-order valence-corrected chi connectivity index (χ4v) is 5.54. The summed E-state index contributed by atoms with van der Waals surface area (Å²) in [6.45, 7) is 9.54. The molecule has 2 saturated heterocycles. The number of carbonyl (C=O) groups is 1. The third kappa shape index (κ3) is 4.68. The number of esters is 1. The molecule has 2 fully saturated rings. The summed E-state index contributed by atoms with van der Waals surface area (Å²) in [7, 11) is 1.39. The Labute approximate surface area is 200 Å². The van der Waals surface area contributed by atoms with Gasteiger partial charge >= 0.3 is 5.97 Å². The number of benzene rings is 1. The average Bonchev–Trinajstić information content (AvgIpc) is 3.19. The molecular weight excluding hydrogens is 428 g/mol. The van der Waals surface area contributed by atoms with Crippen LogP contribution in [0.3, 0.4) is 0 Å². The second-order valence-electron chi connectivity index (χ2n) is 10.7. The first-order valence-corrected chi connectivity index (χ1v) is 12.1. The van der Waals surface area contributed by atoms with Crippen molar-refractivity contribution < 1.29 is 14.6 Å². The summed E-state index contributed by atoms with van der Waals surface area (Å²) in [5.74, 6) is -0.320. The second-order valence-corrected chi connectivity index (χ2v) is 10.7. The van der Waals surface area contributed by atoms with Gasteiger partial charge in [0, 0.05) is 50.9 Å². The number of likely N-dealkylation sites (tertiary alicyclic amines) is 1. The number of aliphatic hydroxyl groups is 1. The number of anilines is 1. The van der Waals surface area contributed by atoms with E-state index in [9.17, 15) is 9.90 Å². The van der Waals surface area contributed by atoms with Crippen LogP contribution in [0.2, 0.25) is 0 Å². The van der Waals surface area contributed by atoms with E-state index < -0.39 is 5.60 Å². The standard InChI is InChI=1S/C27H34N4O3/c1-26(2,33)17-29-18-27(19-29)9-12-30(13-10-27)23-14-22-8-11-31(24(22)28-15-23)16-20-4-6-21(7-5-20)25(32)34-3/h4-8,11,14-15,33H,9-10,12-13,16-19H2,1-3H3. The Bertz CT molecular complexity index is 1160. The second kappa shape index (κ2) is 8.71. The van der Waals surface area contributed by atoms with E-state index in [4.69, 9.17) is 9.72 Å². The molecule has 3 aromatic rings. The molecule has 2 aliphatic rings. The summed E-state index contributed by atoms with van der Waals surface area (Å²) >= 11 is 0. The quantitative estimate of drug-likeness (QED) is 0.565. The van der Waals surface area contributed by atoms with Gasteiger partial charge in [0.1, 0.15) is 5.65 Å². The molecule has 7 heteroatoms. The number of hydrogen-bond acceptors (Lipinski definition) is 6. The van der Waals surface area contributed by atoms with Crippen LogP contribution in [0.5, 0.6) is 0 Å². The molecule has 1 N–H and O–H groups in total. The van der Waals surface area contributed by atoms with E-state index in [1.165, 1.54) is 25.6 Å². The summed E-state index contributed by atoms with van der Waals surface area (Å²) in [4.78, 5) is 21.3. The molecule has 0 unspecified atom stereocenters. The lowest BCUT2D eigenvalue weighted by Crippen LogP contribution is -2.62. The van der Waals surface area contributed by atoms with E-state index in [2.05, 4.69) is 32.7 Å². The molecule has 4 heterocycles. The SMILES string of the molecule is COC(=O)c1ccc(Cn2ccc3cc(N4CCC5(CC4)CN(CC(C)(C)O)C5)cnc32)cc1. The minimum atomic E-state index is -0.619. The summed E-state index contributed by atoms with van der Waals surface area (Å²) in [6.07, 6.45) is 6.46. The van der Waals surface area contributed by atoms with Crippen molar-refractivity contribution in [3.05, 3.63) is 59.9 Å². The number of nitrogens with zero attached hydrogens (tertiary/aromatic N) is 4. The molecule has 2 aliphatic heterocycles. The van der Waals surface area contributed by atoms with Gasteiger partial charge in [-0.2, -0.15) is 0 Å². The van der Waals surface area contributed by atoms with E-state index in [1.54, 1.807) is 12.1 Å². The molecule has 5 rings (SSSR count). The predicted octanol–water partition coefficient (Wildman–Crippen LogP) is 3.54. The highest BCUT2D eigenvalue weighted by atomic mass is 16.5. The van der Waals surface area contributed by atoms with Crippen LogP contribution in [0.15, 0.2) is 48.8 Å². The highest BCUT2D eigenvalue weighted by molar-refractivity contribution is 5.89. The van der Waals surface area contributed by atoms with Crippen LogP contribution < -0.4 is 4.90 Å². The zero-order valence-electron chi connectivity index (χ0n) is 20.3. The lowest BCUT2D eigenvalue weighted by atomic mass is 9.71. The Hall–Kier alpha value is -2.90. The number of ether oxygens (including phenoxy) is 1. The molecule has 2 aromatic heterocycles. The Balaban J connectivity index is 1.21. The first-order valence-electron chi connectivity index (χ1n) is 12.1. The number of rotatable bonds is 6. The Kier molecular flexibility index (Phi) is 5.86. The van der Waals surface area contributed by atoms with Crippen molar-refractivity contribution in [1.82, 2.24) is 14.5 Å². The maximum Gasteiger partial charge on any atom is 0.337 e. The minimum Gasteiger partial charge on any atom is -0.465 e. The van der Waals surface area contributed by atoms with Gasteiger partial charge in [-0.3, -0.25) is 4.90 Å². The average molecular weight is 463 g/mol. The zero-order chi connectivity index (χ0) is 23.9. The van der Waals surface area contributed by atoms with E-state index in [0.29, 0.717) is 17.5 Å².